The number of aromatic nitrogens is 1. The van der Waals surface area contributed by atoms with Crippen LogP contribution in [0.4, 0.5) is 11.4 Å². The molecule has 0 saturated carbocycles. The molecule has 1 aromatic rings. The van der Waals surface area contributed by atoms with Gasteiger partial charge in [-0.3, -0.25) is 9.78 Å². The average molecular weight is 333 g/mol. The summed E-state index contributed by atoms with van der Waals surface area (Å²) in [4.78, 5) is 18.9. The Morgan fingerprint density at radius 3 is 3.00 bits per heavy atom. The largest absolute Gasteiger partial charge is 0.376 e. The lowest BCUT2D eigenvalue weighted by Gasteiger charge is -2.30. The molecule has 2 fully saturated rings. The van der Waals surface area contributed by atoms with Crippen LogP contribution < -0.4 is 10.2 Å². The molecular weight excluding hydrogens is 306 g/mol. The molecule has 24 heavy (non-hydrogen) atoms. The molecule has 2 aliphatic heterocycles. The summed E-state index contributed by atoms with van der Waals surface area (Å²) in [5.74, 6) is -0.140. The summed E-state index contributed by atoms with van der Waals surface area (Å²) in [5, 5.41) is 2.97. The molecule has 6 heteroatoms. The van der Waals surface area contributed by atoms with Crippen molar-refractivity contribution in [3.63, 3.8) is 0 Å². The minimum absolute atomic E-state index is 0.127. The second kappa shape index (κ2) is 8.44. The number of ether oxygens (including phenoxy) is 2. The molecule has 0 radical (unpaired) electrons. The van der Waals surface area contributed by atoms with Gasteiger partial charge in [0.25, 0.3) is 5.91 Å². The van der Waals surface area contributed by atoms with Gasteiger partial charge in [-0.15, -0.1) is 0 Å². The first-order valence-electron chi connectivity index (χ1n) is 8.97. The van der Waals surface area contributed by atoms with Gasteiger partial charge in [-0.05, 0) is 45.1 Å². The van der Waals surface area contributed by atoms with Gasteiger partial charge in [0.15, 0.2) is 0 Å². The Hall–Kier alpha value is -1.66. The first kappa shape index (κ1) is 17.2. The highest BCUT2D eigenvalue weighted by Gasteiger charge is 2.21. The first-order valence-corrected chi connectivity index (χ1v) is 8.97. The topological polar surface area (TPSA) is 63.7 Å². The molecule has 1 N–H and O–H groups in total. The first-order chi connectivity index (χ1) is 11.7. The number of hydrogen-bond donors (Lipinski definition) is 1. The number of anilines is 2. The Labute approximate surface area is 143 Å². The van der Waals surface area contributed by atoms with E-state index in [9.17, 15) is 4.79 Å². The predicted octanol–water partition coefficient (Wildman–Crippen LogP) is 2.59. The SMILES string of the molecule is CC(OCC1CCCO1)C(=O)Nc1cnccc1N1CCCCC1. The van der Waals surface area contributed by atoms with E-state index in [1.807, 2.05) is 6.07 Å². The van der Waals surface area contributed by atoms with Crippen LogP contribution in [0.2, 0.25) is 0 Å². The van der Waals surface area contributed by atoms with Crippen molar-refractivity contribution in [3.8, 4) is 0 Å². The molecule has 0 spiro atoms. The normalized spacial score (nSPS) is 22.4. The lowest BCUT2D eigenvalue weighted by molar-refractivity contribution is -0.128. The van der Waals surface area contributed by atoms with Crippen molar-refractivity contribution in [3.05, 3.63) is 18.5 Å². The van der Waals surface area contributed by atoms with E-state index in [4.69, 9.17) is 9.47 Å². The summed E-state index contributed by atoms with van der Waals surface area (Å²) < 4.78 is 11.2. The fourth-order valence-corrected chi connectivity index (χ4v) is 3.23. The summed E-state index contributed by atoms with van der Waals surface area (Å²) in [6.45, 7) is 5.10. The minimum Gasteiger partial charge on any atom is -0.376 e. The molecule has 2 saturated heterocycles. The van der Waals surface area contributed by atoms with E-state index in [1.54, 1.807) is 19.3 Å². The Morgan fingerprint density at radius 2 is 2.25 bits per heavy atom. The second-order valence-electron chi connectivity index (χ2n) is 6.54. The maximum absolute atomic E-state index is 12.4. The number of nitrogens with zero attached hydrogens (tertiary/aromatic N) is 2. The molecule has 132 valence electrons. The lowest BCUT2D eigenvalue weighted by Crippen LogP contribution is -2.33. The van der Waals surface area contributed by atoms with Gasteiger partial charge in [-0.25, -0.2) is 0 Å². The highest BCUT2D eigenvalue weighted by molar-refractivity contribution is 5.96. The molecule has 0 bridgehead atoms. The van der Waals surface area contributed by atoms with Crippen molar-refractivity contribution in [2.75, 3.05) is 36.5 Å². The quantitative estimate of drug-likeness (QED) is 0.867. The third kappa shape index (κ3) is 4.45. The van der Waals surface area contributed by atoms with Crippen molar-refractivity contribution < 1.29 is 14.3 Å². The molecule has 2 aliphatic rings. The number of nitrogens with one attached hydrogen (secondary N) is 1. The number of piperidine rings is 1. The van der Waals surface area contributed by atoms with E-state index in [1.165, 1.54) is 19.3 Å². The molecule has 3 heterocycles. The van der Waals surface area contributed by atoms with Crippen molar-refractivity contribution in [1.29, 1.82) is 0 Å². The number of pyridine rings is 1. The third-order valence-corrected chi connectivity index (χ3v) is 4.68. The average Bonchev–Trinajstić information content (AvgIpc) is 3.14. The van der Waals surface area contributed by atoms with Crippen LogP contribution in [0.25, 0.3) is 0 Å². The standard InChI is InChI=1S/C18H27N3O3/c1-14(24-13-15-6-5-11-23-15)18(22)20-16-12-19-8-7-17(16)21-9-3-2-4-10-21/h7-8,12,14-15H,2-6,9-11,13H2,1H3,(H,20,22). The van der Waals surface area contributed by atoms with Gasteiger partial charge in [-0.2, -0.15) is 0 Å². The summed E-state index contributed by atoms with van der Waals surface area (Å²) in [5.41, 5.74) is 1.81. The van der Waals surface area contributed by atoms with Crippen molar-refractivity contribution in [2.45, 2.75) is 51.2 Å². The maximum Gasteiger partial charge on any atom is 0.253 e. The van der Waals surface area contributed by atoms with Crippen LogP contribution in [-0.4, -0.2) is 49.4 Å². The monoisotopic (exact) mass is 333 g/mol. The molecule has 2 unspecified atom stereocenters. The molecular formula is C18H27N3O3. The fourth-order valence-electron chi connectivity index (χ4n) is 3.23. The van der Waals surface area contributed by atoms with Crippen LogP contribution in [0.3, 0.4) is 0 Å². The number of rotatable bonds is 6. The van der Waals surface area contributed by atoms with Crippen LogP contribution in [0.5, 0.6) is 0 Å². The molecule has 3 rings (SSSR count). The molecule has 1 aromatic heterocycles. The Bertz CT molecular complexity index is 540. The highest BCUT2D eigenvalue weighted by Crippen LogP contribution is 2.27. The molecule has 6 nitrogen and oxygen atoms in total. The number of hydrogen-bond acceptors (Lipinski definition) is 5. The Kier molecular flexibility index (Phi) is 6.04. The van der Waals surface area contributed by atoms with Gasteiger partial charge in [0.05, 0.1) is 30.3 Å². The second-order valence-corrected chi connectivity index (χ2v) is 6.54. The van der Waals surface area contributed by atoms with E-state index in [-0.39, 0.29) is 12.0 Å². The summed E-state index contributed by atoms with van der Waals surface area (Å²) in [6.07, 6.45) is 8.85. The number of carbonyl (C=O) groups is 1. The van der Waals surface area contributed by atoms with E-state index in [0.29, 0.717) is 6.61 Å². The van der Waals surface area contributed by atoms with Crippen LogP contribution in [0, 0.1) is 0 Å². The smallest absolute Gasteiger partial charge is 0.253 e. The van der Waals surface area contributed by atoms with Crippen LogP contribution in [0.1, 0.15) is 39.0 Å². The zero-order valence-corrected chi connectivity index (χ0v) is 14.4. The van der Waals surface area contributed by atoms with Gasteiger partial charge in [0.2, 0.25) is 0 Å². The summed E-state index contributed by atoms with van der Waals surface area (Å²) >= 11 is 0. The summed E-state index contributed by atoms with van der Waals surface area (Å²) in [7, 11) is 0. The van der Waals surface area contributed by atoms with Gasteiger partial charge >= 0.3 is 0 Å². The number of amides is 1. The van der Waals surface area contributed by atoms with Gasteiger partial charge < -0.3 is 19.7 Å². The molecule has 2 atom stereocenters. The van der Waals surface area contributed by atoms with Gasteiger partial charge in [0.1, 0.15) is 6.10 Å². The number of carbonyl (C=O) groups excluding carboxylic acids is 1. The van der Waals surface area contributed by atoms with E-state index in [0.717, 1.165) is 43.9 Å². The van der Waals surface area contributed by atoms with Crippen LogP contribution in [-0.2, 0) is 14.3 Å². The van der Waals surface area contributed by atoms with E-state index >= 15 is 0 Å². The Morgan fingerprint density at radius 1 is 1.42 bits per heavy atom. The van der Waals surface area contributed by atoms with Crippen LogP contribution in [0.15, 0.2) is 18.5 Å². The van der Waals surface area contributed by atoms with Crippen molar-refractivity contribution in [2.24, 2.45) is 0 Å². The lowest BCUT2D eigenvalue weighted by atomic mass is 10.1. The van der Waals surface area contributed by atoms with E-state index < -0.39 is 6.10 Å². The zero-order chi connectivity index (χ0) is 16.8. The maximum atomic E-state index is 12.4. The molecule has 1 amide bonds. The van der Waals surface area contributed by atoms with Crippen molar-refractivity contribution in [1.82, 2.24) is 4.98 Å². The van der Waals surface area contributed by atoms with Gasteiger partial charge in [0, 0.05) is 25.9 Å². The van der Waals surface area contributed by atoms with E-state index in [2.05, 4.69) is 15.2 Å². The molecule has 0 aliphatic carbocycles. The molecule has 0 aromatic carbocycles. The highest BCUT2D eigenvalue weighted by atomic mass is 16.5. The van der Waals surface area contributed by atoms with Crippen LogP contribution >= 0.6 is 0 Å². The fraction of sp³-hybridized carbons (Fsp3) is 0.667. The zero-order valence-electron chi connectivity index (χ0n) is 14.4. The Balaban J connectivity index is 1.57. The van der Waals surface area contributed by atoms with Gasteiger partial charge in [-0.1, -0.05) is 0 Å². The minimum atomic E-state index is -0.511. The third-order valence-electron chi connectivity index (χ3n) is 4.68. The summed E-state index contributed by atoms with van der Waals surface area (Å²) in [6, 6.07) is 1.97. The predicted molar refractivity (Wildman–Crippen MR) is 93.3 cm³/mol. The van der Waals surface area contributed by atoms with Crippen molar-refractivity contribution >= 4 is 17.3 Å².